The lowest BCUT2D eigenvalue weighted by atomic mass is 10.1. The number of nitrogens with zero attached hydrogens (tertiary/aromatic N) is 2. The minimum atomic E-state index is -0.0429. The van der Waals surface area contributed by atoms with Gasteiger partial charge in [0.25, 0.3) is 0 Å². The van der Waals surface area contributed by atoms with Gasteiger partial charge in [0.15, 0.2) is 0 Å². The largest absolute Gasteiger partial charge is 0.439 e. The Morgan fingerprint density at radius 3 is 2.80 bits per heavy atom. The molecule has 2 N–H and O–H groups in total. The summed E-state index contributed by atoms with van der Waals surface area (Å²) in [6, 6.07) is 13.4. The van der Waals surface area contributed by atoms with Crippen molar-refractivity contribution >= 4 is 10.9 Å². The van der Waals surface area contributed by atoms with Gasteiger partial charge in [0.2, 0.25) is 5.88 Å². The zero-order valence-corrected chi connectivity index (χ0v) is 11.2. The van der Waals surface area contributed by atoms with E-state index in [2.05, 4.69) is 9.97 Å². The second-order valence-corrected chi connectivity index (χ2v) is 4.68. The summed E-state index contributed by atoms with van der Waals surface area (Å²) in [7, 11) is 0. The fraction of sp³-hybridized carbons (Fsp3) is 0.125. The number of pyridine rings is 2. The lowest BCUT2D eigenvalue weighted by molar-refractivity contribution is 0.462. The van der Waals surface area contributed by atoms with Gasteiger partial charge in [-0.15, -0.1) is 0 Å². The fourth-order valence-electron chi connectivity index (χ4n) is 1.99. The minimum absolute atomic E-state index is 0.0429. The topological polar surface area (TPSA) is 61.0 Å². The average Bonchev–Trinajstić information content (AvgIpc) is 2.47. The minimum Gasteiger partial charge on any atom is -0.439 e. The van der Waals surface area contributed by atoms with E-state index >= 15 is 0 Å². The second kappa shape index (κ2) is 5.27. The van der Waals surface area contributed by atoms with Crippen LogP contribution >= 0.6 is 0 Å². The number of benzene rings is 1. The third-order valence-electron chi connectivity index (χ3n) is 3.08. The molecule has 0 spiro atoms. The van der Waals surface area contributed by atoms with Crippen LogP contribution in [0.25, 0.3) is 10.9 Å². The van der Waals surface area contributed by atoms with Crippen LogP contribution in [-0.4, -0.2) is 9.97 Å². The van der Waals surface area contributed by atoms with Crippen molar-refractivity contribution in [2.75, 3.05) is 0 Å². The van der Waals surface area contributed by atoms with Crippen LogP contribution in [-0.2, 0) is 0 Å². The van der Waals surface area contributed by atoms with Gasteiger partial charge >= 0.3 is 0 Å². The highest BCUT2D eigenvalue weighted by atomic mass is 16.5. The first-order valence-electron chi connectivity index (χ1n) is 6.46. The summed E-state index contributed by atoms with van der Waals surface area (Å²) in [6.07, 6.45) is 3.47. The molecule has 100 valence electrons. The molecule has 20 heavy (non-hydrogen) atoms. The summed E-state index contributed by atoms with van der Waals surface area (Å²) >= 11 is 0. The van der Waals surface area contributed by atoms with Crippen LogP contribution in [0.1, 0.15) is 18.5 Å². The molecule has 3 aromatic rings. The van der Waals surface area contributed by atoms with Crippen LogP contribution in [0.5, 0.6) is 11.6 Å². The van der Waals surface area contributed by atoms with E-state index in [1.54, 1.807) is 12.4 Å². The van der Waals surface area contributed by atoms with Crippen LogP contribution < -0.4 is 10.5 Å². The van der Waals surface area contributed by atoms with E-state index in [0.29, 0.717) is 11.6 Å². The Morgan fingerprint density at radius 1 is 1.05 bits per heavy atom. The van der Waals surface area contributed by atoms with Crippen LogP contribution in [0.4, 0.5) is 0 Å². The lowest BCUT2D eigenvalue weighted by Crippen LogP contribution is -2.05. The van der Waals surface area contributed by atoms with Crippen LogP contribution in [0.3, 0.4) is 0 Å². The van der Waals surface area contributed by atoms with Gasteiger partial charge in [0, 0.05) is 36.0 Å². The summed E-state index contributed by atoms with van der Waals surface area (Å²) in [5.41, 5.74) is 7.75. The highest BCUT2D eigenvalue weighted by Gasteiger charge is 2.04. The number of fused-ring (bicyclic) bond motifs is 1. The first-order valence-corrected chi connectivity index (χ1v) is 6.46. The third-order valence-corrected chi connectivity index (χ3v) is 3.08. The Balaban J connectivity index is 1.90. The highest BCUT2D eigenvalue weighted by Crippen LogP contribution is 2.24. The molecule has 1 atom stereocenters. The number of nitrogens with two attached hydrogens (primary N) is 1. The first-order chi connectivity index (χ1) is 9.72. The van der Waals surface area contributed by atoms with Crippen molar-refractivity contribution in [3.63, 3.8) is 0 Å². The number of hydrogen-bond donors (Lipinski definition) is 1. The molecule has 0 unspecified atom stereocenters. The molecule has 0 aliphatic heterocycles. The Labute approximate surface area is 117 Å². The van der Waals surface area contributed by atoms with Gasteiger partial charge < -0.3 is 10.5 Å². The van der Waals surface area contributed by atoms with Crippen LogP contribution in [0.2, 0.25) is 0 Å². The lowest BCUT2D eigenvalue weighted by Gasteiger charge is -2.09. The molecule has 1 aromatic carbocycles. The van der Waals surface area contributed by atoms with Crippen LogP contribution in [0.15, 0.2) is 54.9 Å². The van der Waals surface area contributed by atoms with E-state index in [-0.39, 0.29) is 6.04 Å². The normalized spacial score (nSPS) is 12.3. The monoisotopic (exact) mass is 265 g/mol. The van der Waals surface area contributed by atoms with Gasteiger partial charge in [0.05, 0.1) is 5.52 Å². The van der Waals surface area contributed by atoms with Crippen molar-refractivity contribution in [2.45, 2.75) is 13.0 Å². The van der Waals surface area contributed by atoms with Crippen molar-refractivity contribution in [3.05, 3.63) is 60.4 Å². The second-order valence-electron chi connectivity index (χ2n) is 4.68. The van der Waals surface area contributed by atoms with Gasteiger partial charge in [-0.25, -0.2) is 4.98 Å². The van der Waals surface area contributed by atoms with Crippen LogP contribution in [0, 0.1) is 0 Å². The zero-order chi connectivity index (χ0) is 13.9. The highest BCUT2D eigenvalue weighted by molar-refractivity contribution is 5.79. The van der Waals surface area contributed by atoms with E-state index in [4.69, 9.17) is 10.5 Å². The molecule has 0 saturated heterocycles. The smallest absolute Gasteiger partial charge is 0.219 e. The molecule has 0 fully saturated rings. The predicted molar refractivity (Wildman–Crippen MR) is 78.7 cm³/mol. The van der Waals surface area contributed by atoms with E-state index in [9.17, 15) is 0 Å². The molecule has 3 rings (SSSR count). The van der Waals surface area contributed by atoms with Crippen molar-refractivity contribution in [1.82, 2.24) is 9.97 Å². The summed E-state index contributed by atoms with van der Waals surface area (Å²) in [6.45, 7) is 1.93. The summed E-state index contributed by atoms with van der Waals surface area (Å²) < 4.78 is 5.77. The maximum Gasteiger partial charge on any atom is 0.219 e. The number of ether oxygens (including phenoxy) is 1. The SMILES string of the molecule is C[C@H](N)c1ccnc(Oc2ccc3cccnc3c2)c1. The van der Waals surface area contributed by atoms with Gasteiger partial charge in [-0.3, -0.25) is 4.98 Å². The molecule has 0 radical (unpaired) electrons. The van der Waals surface area contributed by atoms with Crippen molar-refractivity contribution in [1.29, 1.82) is 0 Å². The zero-order valence-electron chi connectivity index (χ0n) is 11.2. The third kappa shape index (κ3) is 2.60. The quantitative estimate of drug-likeness (QED) is 0.788. The number of aromatic nitrogens is 2. The molecule has 0 amide bonds. The Kier molecular flexibility index (Phi) is 3.31. The predicted octanol–water partition coefficient (Wildman–Crippen LogP) is 3.44. The maximum absolute atomic E-state index is 5.86. The summed E-state index contributed by atoms with van der Waals surface area (Å²) in [4.78, 5) is 8.51. The molecule has 4 heteroatoms. The molecule has 2 heterocycles. The van der Waals surface area contributed by atoms with Gasteiger partial charge in [-0.1, -0.05) is 6.07 Å². The van der Waals surface area contributed by atoms with E-state index < -0.39 is 0 Å². The first kappa shape index (κ1) is 12.6. The van der Waals surface area contributed by atoms with E-state index in [0.717, 1.165) is 16.5 Å². The van der Waals surface area contributed by atoms with Crippen molar-refractivity contribution in [3.8, 4) is 11.6 Å². The molecule has 0 bridgehead atoms. The molecular formula is C16H15N3O. The van der Waals surface area contributed by atoms with E-state index in [1.165, 1.54) is 0 Å². The van der Waals surface area contributed by atoms with Gasteiger partial charge in [-0.2, -0.15) is 0 Å². The molecule has 2 aromatic heterocycles. The molecule has 0 aliphatic carbocycles. The summed E-state index contributed by atoms with van der Waals surface area (Å²) in [5.74, 6) is 1.25. The molecule has 0 saturated carbocycles. The van der Waals surface area contributed by atoms with Crippen molar-refractivity contribution in [2.24, 2.45) is 5.73 Å². The number of rotatable bonds is 3. The molecule has 0 aliphatic rings. The Morgan fingerprint density at radius 2 is 1.95 bits per heavy atom. The van der Waals surface area contributed by atoms with Gasteiger partial charge in [-0.05, 0) is 36.8 Å². The van der Waals surface area contributed by atoms with Crippen molar-refractivity contribution < 1.29 is 4.74 Å². The standard InChI is InChI=1S/C16H15N3O/c1-11(17)13-6-8-19-16(9-13)20-14-5-4-12-3-2-7-18-15(12)10-14/h2-11H,17H2,1H3/t11-/m0/s1. The Hall–Kier alpha value is -2.46. The maximum atomic E-state index is 5.86. The fourth-order valence-corrected chi connectivity index (χ4v) is 1.99. The van der Waals surface area contributed by atoms with Gasteiger partial charge in [0.1, 0.15) is 5.75 Å². The molecule has 4 nitrogen and oxygen atoms in total. The Bertz CT molecular complexity index is 740. The number of hydrogen-bond acceptors (Lipinski definition) is 4. The molecular weight excluding hydrogens is 250 g/mol. The summed E-state index contributed by atoms with van der Waals surface area (Å²) in [5, 5.41) is 1.08. The average molecular weight is 265 g/mol. The van der Waals surface area contributed by atoms with E-state index in [1.807, 2.05) is 49.4 Å².